The van der Waals surface area contributed by atoms with Crippen molar-refractivity contribution in [1.29, 1.82) is 0 Å². The Morgan fingerprint density at radius 3 is 2.67 bits per heavy atom. The third-order valence-electron chi connectivity index (χ3n) is 1.77. The predicted octanol–water partition coefficient (Wildman–Crippen LogP) is 1.68. The van der Waals surface area contributed by atoms with Crippen LogP contribution < -0.4 is 0 Å². The quantitative estimate of drug-likeness (QED) is 0.671. The minimum atomic E-state index is -0.0643. The average Bonchev–Trinajstić information content (AvgIpc) is 2.49. The summed E-state index contributed by atoms with van der Waals surface area (Å²) in [6.45, 7) is 4.44. The van der Waals surface area contributed by atoms with Crippen LogP contribution >= 0.6 is 0 Å². The average molecular weight is 167 g/mol. The molecule has 1 aromatic heterocycles. The van der Waals surface area contributed by atoms with Crippen LogP contribution in [0.5, 0.6) is 0 Å². The van der Waals surface area contributed by atoms with Crippen LogP contribution in [0.4, 0.5) is 0 Å². The zero-order valence-electron chi connectivity index (χ0n) is 7.63. The number of hydrogen-bond acceptors (Lipinski definition) is 2. The first kappa shape index (κ1) is 8.84. The second-order valence-corrected chi connectivity index (χ2v) is 2.73. The summed E-state index contributed by atoms with van der Waals surface area (Å²) in [6, 6.07) is 3.49. The molecule has 1 heterocycles. The van der Waals surface area contributed by atoms with E-state index in [0.29, 0.717) is 12.3 Å². The Morgan fingerprint density at radius 2 is 2.25 bits per heavy atom. The number of furan rings is 1. The van der Waals surface area contributed by atoms with E-state index in [2.05, 4.69) is 0 Å². The molecule has 0 atom stereocenters. The highest BCUT2D eigenvalue weighted by Gasteiger charge is 2.12. The maximum Gasteiger partial charge on any atom is 0.289 e. The highest BCUT2D eigenvalue weighted by Crippen LogP contribution is 2.08. The van der Waals surface area contributed by atoms with Crippen LogP contribution in [-0.4, -0.2) is 24.4 Å². The molecule has 0 aliphatic rings. The minimum absolute atomic E-state index is 0.0643. The molecule has 3 heteroatoms. The van der Waals surface area contributed by atoms with E-state index in [-0.39, 0.29) is 5.91 Å². The van der Waals surface area contributed by atoms with Gasteiger partial charge in [0.1, 0.15) is 5.76 Å². The monoisotopic (exact) mass is 167 g/mol. The summed E-state index contributed by atoms with van der Waals surface area (Å²) in [4.78, 5) is 13.0. The van der Waals surface area contributed by atoms with E-state index in [9.17, 15) is 4.79 Å². The summed E-state index contributed by atoms with van der Waals surface area (Å²) in [5.74, 6) is 1.12. The minimum Gasteiger partial charge on any atom is -0.456 e. The van der Waals surface area contributed by atoms with Crippen molar-refractivity contribution in [3.63, 3.8) is 0 Å². The van der Waals surface area contributed by atoms with Gasteiger partial charge in [0.25, 0.3) is 5.91 Å². The first-order chi connectivity index (χ1) is 5.65. The summed E-state index contributed by atoms with van der Waals surface area (Å²) in [5.41, 5.74) is 0. The van der Waals surface area contributed by atoms with Gasteiger partial charge in [-0.25, -0.2) is 0 Å². The SMILES string of the molecule is CCN(C)C(=O)c1ccc(C)o1. The van der Waals surface area contributed by atoms with Crippen LogP contribution in [-0.2, 0) is 0 Å². The number of aryl methyl sites for hydroxylation is 1. The smallest absolute Gasteiger partial charge is 0.289 e. The number of amides is 1. The van der Waals surface area contributed by atoms with Gasteiger partial charge in [-0.15, -0.1) is 0 Å². The van der Waals surface area contributed by atoms with Crippen LogP contribution in [0.3, 0.4) is 0 Å². The Kier molecular flexibility index (Phi) is 2.53. The molecule has 0 bridgehead atoms. The molecule has 1 aromatic rings. The van der Waals surface area contributed by atoms with Gasteiger partial charge in [0.05, 0.1) is 0 Å². The summed E-state index contributed by atoms with van der Waals surface area (Å²) in [5, 5.41) is 0. The molecular weight excluding hydrogens is 154 g/mol. The predicted molar refractivity (Wildman–Crippen MR) is 46.1 cm³/mol. The van der Waals surface area contributed by atoms with Crippen molar-refractivity contribution in [2.45, 2.75) is 13.8 Å². The molecule has 1 rings (SSSR count). The van der Waals surface area contributed by atoms with E-state index in [1.165, 1.54) is 0 Å². The number of nitrogens with zero attached hydrogens (tertiary/aromatic N) is 1. The van der Waals surface area contributed by atoms with Gasteiger partial charge in [0.2, 0.25) is 0 Å². The van der Waals surface area contributed by atoms with Gasteiger partial charge < -0.3 is 9.32 Å². The first-order valence-corrected chi connectivity index (χ1v) is 3.97. The van der Waals surface area contributed by atoms with Crippen LogP contribution in [0.1, 0.15) is 23.2 Å². The molecule has 0 aromatic carbocycles. The first-order valence-electron chi connectivity index (χ1n) is 3.97. The molecule has 0 aliphatic heterocycles. The van der Waals surface area contributed by atoms with E-state index >= 15 is 0 Å². The lowest BCUT2D eigenvalue weighted by Crippen LogP contribution is -2.25. The number of hydrogen-bond donors (Lipinski definition) is 0. The Labute approximate surface area is 72.0 Å². The van der Waals surface area contributed by atoms with Gasteiger partial charge >= 0.3 is 0 Å². The maximum absolute atomic E-state index is 11.4. The fourth-order valence-electron chi connectivity index (χ4n) is 0.881. The normalized spacial score (nSPS) is 9.92. The van der Waals surface area contributed by atoms with Crippen LogP contribution in [0.25, 0.3) is 0 Å². The molecule has 0 saturated heterocycles. The van der Waals surface area contributed by atoms with E-state index < -0.39 is 0 Å². The Hall–Kier alpha value is -1.25. The second-order valence-electron chi connectivity index (χ2n) is 2.73. The van der Waals surface area contributed by atoms with Gasteiger partial charge in [-0.2, -0.15) is 0 Å². The van der Waals surface area contributed by atoms with E-state index in [4.69, 9.17) is 4.42 Å². The molecule has 0 N–H and O–H groups in total. The molecule has 0 unspecified atom stereocenters. The number of carbonyl (C=O) groups is 1. The van der Waals surface area contributed by atoms with Crippen molar-refractivity contribution in [2.75, 3.05) is 13.6 Å². The molecule has 0 spiro atoms. The molecule has 66 valence electrons. The third-order valence-corrected chi connectivity index (χ3v) is 1.77. The molecule has 0 radical (unpaired) electrons. The van der Waals surface area contributed by atoms with Crippen molar-refractivity contribution in [3.8, 4) is 0 Å². The van der Waals surface area contributed by atoms with E-state index in [1.807, 2.05) is 13.8 Å². The zero-order chi connectivity index (χ0) is 9.14. The fraction of sp³-hybridized carbons (Fsp3) is 0.444. The van der Waals surface area contributed by atoms with Crippen molar-refractivity contribution in [3.05, 3.63) is 23.7 Å². The number of rotatable bonds is 2. The van der Waals surface area contributed by atoms with Gasteiger partial charge in [-0.05, 0) is 26.0 Å². The van der Waals surface area contributed by atoms with E-state index in [1.54, 1.807) is 24.1 Å². The lowest BCUT2D eigenvalue weighted by Gasteiger charge is -2.11. The van der Waals surface area contributed by atoms with Crippen LogP contribution in [0.2, 0.25) is 0 Å². The molecular formula is C9H13NO2. The van der Waals surface area contributed by atoms with Gasteiger partial charge in [0, 0.05) is 13.6 Å². The molecule has 3 nitrogen and oxygen atoms in total. The standard InChI is InChI=1S/C9H13NO2/c1-4-10(3)9(11)8-6-5-7(2)12-8/h5-6H,4H2,1-3H3. The Morgan fingerprint density at radius 1 is 1.58 bits per heavy atom. The van der Waals surface area contributed by atoms with Gasteiger partial charge in [-0.3, -0.25) is 4.79 Å². The van der Waals surface area contributed by atoms with Crippen molar-refractivity contribution in [1.82, 2.24) is 4.90 Å². The summed E-state index contributed by atoms with van der Waals surface area (Å²) in [7, 11) is 1.75. The Bertz CT molecular complexity index is 278. The van der Waals surface area contributed by atoms with Crippen molar-refractivity contribution in [2.24, 2.45) is 0 Å². The molecule has 1 amide bonds. The highest BCUT2D eigenvalue weighted by molar-refractivity contribution is 5.91. The fourth-order valence-corrected chi connectivity index (χ4v) is 0.881. The topological polar surface area (TPSA) is 33.5 Å². The van der Waals surface area contributed by atoms with Crippen molar-refractivity contribution >= 4 is 5.91 Å². The van der Waals surface area contributed by atoms with Gasteiger partial charge in [-0.1, -0.05) is 0 Å². The van der Waals surface area contributed by atoms with Crippen LogP contribution in [0, 0.1) is 6.92 Å². The molecule has 0 fully saturated rings. The van der Waals surface area contributed by atoms with Crippen molar-refractivity contribution < 1.29 is 9.21 Å². The second kappa shape index (κ2) is 3.43. The molecule has 12 heavy (non-hydrogen) atoms. The number of carbonyl (C=O) groups excluding carboxylic acids is 1. The summed E-state index contributed by atoms with van der Waals surface area (Å²) < 4.78 is 5.18. The molecule has 0 aliphatic carbocycles. The zero-order valence-corrected chi connectivity index (χ0v) is 7.63. The summed E-state index contributed by atoms with van der Waals surface area (Å²) in [6.07, 6.45) is 0. The highest BCUT2D eigenvalue weighted by atomic mass is 16.3. The Balaban J connectivity index is 2.78. The van der Waals surface area contributed by atoms with Crippen LogP contribution in [0.15, 0.2) is 16.5 Å². The summed E-state index contributed by atoms with van der Waals surface area (Å²) >= 11 is 0. The lowest BCUT2D eigenvalue weighted by atomic mass is 10.4. The lowest BCUT2D eigenvalue weighted by molar-refractivity contribution is 0.0769. The molecule has 0 saturated carbocycles. The largest absolute Gasteiger partial charge is 0.456 e. The van der Waals surface area contributed by atoms with E-state index in [0.717, 1.165) is 5.76 Å². The van der Waals surface area contributed by atoms with Gasteiger partial charge in [0.15, 0.2) is 5.76 Å². The third kappa shape index (κ3) is 1.67. The maximum atomic E-state index is 11.4.